The Labute approximate surface area is 180 Å². The van der Waals surface area contributed by atoms with Gasteiger partial charge in [0.15, 0.2) is 0 Å². The molecule has 0 saturated heterocycles. The number of halogens is 1. The molecule has 0 fully saturated rings. The molecule has 1 heterocycles. The van der Waals surface area contributed by atoms with Gasteiger partial charge in [0.2, 0.25) is 0 Å². The first kappa shape index (κ1) is 21.6. The first-order chi connectivity index (χ1) is 14.1. The van der Waals surface area contributed by atoms with Gasteiger partial charge in [0.1, 0.15) is 11.9 Å². The normalized spacial score (nSPS) is 11.4. The molecule has 0 aliphatic rings. The Morgan fingerprint density at radius 3 is 2.47 bits per heavy atom. The Kier molecular flexibility index (Phi) is 6.31. The van der Waals surface area contributed by atoms with Crippen molar-refractivity contribution < 1.29 is 9.53 Å². The number of amides is 1. The minimum atomic E-state index is -0.540. The van der Waals surface area contributed by atoms with Crippen molar-refractivity contribution in [3.05, 3.63) is 81.5 Å². The molecule has 2 aromatic carbocycles. The molecule has 1 aromatic heterocycles. The third kappa shape index (κ3) is 5.51. The number of hydrogen-bond acceptors (Lipinski definition) is 4. The first-order valence-electron chi connectivity index (χ1n) is 9.55. The molecule has 0 atom stereocenters. The largest absolute Gasteiger partial charge is 0.444 e. The lowest BCUT2D eigenvalue weighted by atomic mass is 10.2. The summed E-state index contributed by atoms with van der Waals surface area (Å²) in [7, 11) is 1.69. The Morgan fingerprint density at radius 1 is 1.13 bits per heavy atom. The van der Waals surface area contributed by atoms with E-state index in [1.807, 2.05) is 63.2 Å². The molecule has 30 heavy (non-hydrogen) atoms. The molecule has 3 rings (SSSR count). The van der Waals surface area contributed by atoms with E-state index >= 15 is 0 Å². The molecule has 8 heteroatoms. The lowest BCUT2D eigenvalue weighted by Crippen LogP contribution is -2.33. The zero-order chi connectivity index (χ0) is 21.9. The molecule has 0 unspecified atom stereocenters. The molecule has 0 aliphatic heterocycles. The van der Waals surface area contributed by atoms with Gasteiger partial charge in [-0.25, -0.2) is 18.8 Å². The van der Waals surface area contributed by atoms with Gasteiger partial charge < -0.3 is 9.64 Å². The molecule has 3 aromatic rings. The van der Waals surface area contributed by atoms with Crippen molar-refractivity contribution in [3.8, 4) is 5.69 Å². The highest BCUT2D eigenvalue weighted by Gasteiger charge is 2.19. The van der Waals surface area contributed by atoms with E-state index < -0.39 is 5.60 Å². The molecular formula is C22H25ClN4O3. The molecule has 0 N–H and O–H groups in total. The lowest BCUT2D eigenvalue weighted by Gasteiger charge is -2.24. The van der Waals surface area contributed by atoms with Gasteiger partial charge in [-0.3, -0.25) is 0 Å². The second-order valence-corrected chi connectivity index (χ2v) is 8.51. The fourth-order valence-corrected chi connectivity index (χ4v) is 3.08. The molecule has 1 amide bonds. The number of hydrogen-bond donors (Lipinski definition) is 0. The number of rotatable bonds is 5. The highest BCUT2D eigenvalue weighted by molar-refractivity contribution is 6.30. The third-order valence-electron chi connectivity index (χ3n) is 4.29. The van der Waals surface area contributed by atoms with Gasteiger partial charge in [0.25, 0.3) is 0 Å². The zero-order valence-electron chi connectivity index (χ0n) is 17.5. The summed E-state index contributed by atoms with van der Waals surface area (Å²) in [5, 5.41) is 4.82. The van der Waals surface area contributed by atoms with Gasteiger partial charge in [0.05, 0.1) is 12.2 Å². The van der Waals surface area contributed by atoms with E-state index in [1.54, 1.807) is 13.1 Å². The molecule has 0 saturated carbocycles. The number of nitrogens with zero attached hydrogens (tertiary/aromatic N) is 4. The Bertz CT molecular complexity index is 1080. The average molecular weight is 429 g/mol. The van der Waals surface area contributed by atoms with Gasteiger partial charge >= 0.3 is 11.8 Å². The Balaban J connectivity index is 1.70. The summed E-state index contributed by atoms with van der Waals surface area (Å²) in [6, 6.07) is 14.7. The number of benzene rings is 2. The molecular weight excluding hydrogens is 404 g/mol. The molecule has 0 radical (unpaired) electrons. The topological polar surface area (TPSA) is 69.4 Å². The Morgan fingerprint density at radius 2 is 1.83 bits per heavy atom. The first-order valence-corrected chi connectivity index (χ1v) is 9.92. The van der Waals surface area contributed by atoms with Gasteiger partial charge in [-0.2, -0.15) is 5.10 Å². The zero-order valence-corrected chi connectivity index (χ0v) is 18.3. The van der Waals surface area contributed by atoms with Crippen LogP contribution in [-0.2, 0) is 17.8 Å². The molecule has 7 nitrogen and oxygen atoms in total. The SMILES string of the molecule is CN(Cc1ccc(-n2cnn(Cc3cccc(Cl)c3)c2=O)cc1)C(=O)OC(C)(C)C. The van der Waals surface area contributed by atoms with Crippen molar-refractivity contribution in [2.45, 2.75) is 39.5 Å². The van der Waals surface area contributed by atoms with Crippen molar-refractivity contribution in [2.75, 3.05) is 7.05 Å². The summed E-state index contributed by atoms with van der Waals surface area (Å²) >= 11 is 6.01. The highest BCUT2D eigenvalue weighted by Crippen LogP contribution is 2.14. The van der Waals surface area contributed by atoms with Crippen molar-refractivity contribution in [1.29, 1.82) is 0 Å². The standard InChI is InChI=1S/C22H25ClN4O3/c1-22(2,3)30-21(29)25(4)13-16-8-10-19(11-9-16)26-15-24-27(20(26)28)14-17-6-5-7-18(23)12-17/h5-12,15H,13-14H2,1-4H3. The van der Waals surface area contributed by atoms with Crippen LogP contribution in [0.15, 0.2) is 59.7 Å². The lowest BCUT2D eigenvalue weighted by molar-refractivity contribution is 0.0285. The van der Waals surface area contributed by atoms with Crippen LogP contribution in [0.5, 0.6) is 0 Å². The van der Waals surface area contributed by atoms with Crippen LogP contribution >= 0.6 is 11.6 Å². The van der Waals surface area contributed by atoms with Gasteiger partial charge in [-0.15, -0.1) is 0 Å². The van der Waals surface area contributed by atoms with Crippen molar-refractivity contribution in [2.24, 2.45) is 0 Å². The third-order valence-corrected chi connectivity index (χ3v) is 4.53. The molecule has 0 spiro atoms. The summed E-state index contributed by atoms with van der Waals surface area (Å²) in [5.74, 6) is 0. The summed E-state index contributed by atoms with van der Waals surface area (Å²) in [4.78, 5) is 26.3. The monoisotopic (exact) mass is 428 g/mol. The highest BCUT2D eigenvalue weighted by atomic mass is 35.5. The van der Waals surface area contributed by atoms with Gasteiger partial charge in [0, 0.05) is 18.6 Å². The Hall–Kier alpha value is -3.06. The van der Waals surface area contributed by atoms with Crippen LogP contribution in [0, 0.1) is 0 Å². The number of carbonyl (C=O) groups is 1. The quantitative estimate of drug-likeness (QED) is 0.613. The maximum absolute atomic E-state index is 12.7. The molecule has 0 bridgehead atoms. The van der Waals surface area contributed by atoms with E-state index in [0.717, 1.165) is 11.1 Å². The van der Waals surface area contributed by atoms with Crippen molar-refractivity contribution in [3.63, 3.8) is 0 Å². The summed E-state index contributed by atoms with van der Waals surface area (Å²) < 4.78 is 8.22. The maximum atomic E-state index is 12.7. The van der Waals surface area contributed by atoms with E-state index in [0.29, 0.717) is 23.8 Å². The van der Waals surface area contributed by atoms with E-state index in [4.69, 9.17) is 16.3 Å². The molecule has 0 aliphatic carbocycles. The van der Waals surface area contributed by atoms with Crippen LogP contribution in [-0.4, -0.2) is 38.0 Å². The van der Waals surface area contributed by atoms with Crippen LogP contribution in [0.4, 0.5) is 4.79 Å². The van der Waals surface area contributed by atoms with Crippen molar-refractivity contribution >= 4 is 17.7 Å². The minimum Gasteiger partial charge on any atom is -0.444 e. The number of carbonyl (C=O) groups excluding carboxylic acids is 1. The van der Waals surface area contributed by atoms with Gasteiger partial charge in [-0.1, -0.05) is 35.9 Å². The predicted octanol–water partition coefficient (Wildman–Crippen LogP) is 4.10. The summed E-state index contributed by atoms with van der Waals surface area (Å²) in [6.07, 6.45) is 1.11. The smallest absolute Gasteiger partial charge is 0.410 e. The average Bonchev–Trinajstić information content (AvgIpc) is 3.01. The van der Waals surface area contributed by atoms with E-state index in [1.165, 1.54) is 20.5 Å². The fourth-order valence-electron chi connectivity index (χ4n) is 2.87. The van der Waals surface area contributed by atoms with Crippen LogP contribution in [0.25, 0.3) is 5.69 Å². The van der Waals surface area contributed by atoms with E-state index in [2.05, 4.69) is 5.10 Å². The molecule has 158 valence electrons. The van der Waals surface area contributed by atoms with Crippen LogP contribution in [0.3, 0.4) is 0 Å². The summed E-state index contributed by atoms with van der Waals surface area (Å²) in [5.41, 5.74) is 1.73. The maximum Gasteiger partial charge on any atom is 0.410 e. The van der Waals surface area contributed by atoms with Crippen LogP contribution < -0.4 is 5.69 Å². The minimum absolute atomic E-state index is 0.242. The second kappa shape index (κ2) is 8.75. The van der Waals surface area contributed by atoms with Gasteiger partial charge in [-0.05, 0) is 56.2 Å². The fraction of sp³-hybridized carbons (Fsp3) is 0.318. The van der Waals surface area contributed by atoms with Crippen LogP contribution in [0.2, 0.25) is 5.02 Å². The van der Waals surface area contributed by atoms with Crippen LogP contribution in [0.1, 0.15) is 31.9 Å². The van der Waals surface area contributed by atoms with E-state index in [9.17, 15) is 9.59 Å². The predicted molar refractivity (Wildman–Crippen MR) is 116 cm³/mol. The second-order valence-electron chi connectivity index (χ2n) is 8.07. The van der Waals surface area contributed by atoms with Crippen molar-refractivity contribution in [1.82, 2.24) is 19.2 Å². The summed E-state index contributed by atoms with van der Waals surface area (Å²) in [6.45, 7) is 6.23. The number of ether oxygens (including phenoxy) is 1. The number of aromatic nitrogens is 3. The van der Waals surface area contributed by atoms with E-state index in [-0.39, 0.29) is 11.8 Å².